The van der Waals surface area contributed by atoms with E-state index in [0.29, 0.717) is 54.6 Å². The Morgan fingerprint density at radius 1 is 1.16 bits per heavy atom. The topological polar surface area (TPSA) is 130 Å². The van der Waals surface area contributed by atoms with Crippen LogP contribution in [0.15, 0.2) is 18.3 Å². The molecule has 1 saturated carbocycles. The highest BCUT2D eigenvalue weighted by atomic mass is 28.3. The maximum absolute atomic E-state index is 15.7. The van der Waals surface area contributed by atoms with E-state index in [1.165, 1.54) is 0 Å². The van der Waals surface area contributed by atoms with Gasteiger partial charge in [0.25, 0.3) is 5.91 Å². The number of aromatic nitrogens is 5. The molecule has 0 bridgehead atoms. The summed E-state index contributed by atoms with van der Waals surface area (Å²) >= 11 is 0. The minimum absolute atomic E-state index is 0.00346. The number of amides is 2. The summed E-state index contributed by atoms with van der Waals surface area (Å²) in [6, 6.07) is 4.31. The molecule has 0 radical (unpaired) electrons. The summed E-state index contributed by atoms with van der Waals surface area (Å²) in [6.07, 6.45) is 6.64. The van der Waals surface area contributed by atoms with Crippen LogP contribution < -0.4 is 11.1 Å². The van der Waals surface area contributed by atoms with Gasteiger partial charge in [-0.3, -0.25) is 14.3 Å². The average Bonchev–Trinajstić information content (AvgIpc) is 3.52. The molecular weight excluding hydrogens is 589 g/mol. The van der Waals surface area contributed by atoms with Crippen LogP contribution in [0.5, 0.6) is 0 Å². The molecule has 246 valence electrons. The number of rotatable bonds is 14. The molecule has 3 heterocycles. The number of aryl methyl sites for hydroxylation is 2. The lowest BCUT2D eigenvalue weighted by molar-refractivity contribution is -0.119. The van der Waals surface area contributed by atoms with E-state index in [1.807, 2.05) is 20.8 Å². The predicted molar refractivity (Wildman–Crippen MR) is 177 cm³/mol. The number of hydrogen-bond acceptors (Lipinski definition) is 6. The van der Waals surface area contributed by atoms with Gasteiger partial charge in [-0.25, -0.2) is 9.67 Å². The van der Waals surface area contributed by atoms with Crippen molar-refractivity contribution >= 4 is 25.7 Å². The van der Waals surface area contributed by atoms with Gasteiger partial charge in [0.2, 0.25) is 11.9 Å². The molecule has 3 aromatic heterocycles. The van der Waals surface area contributed by atoms with E-state index in [4.69, 9.17) is 10.5 Å². The molecule has 4 rings (SSSR count). The fraction of sp³-hybridized carbons (Fsp3) is 0.606. The lowest BCUT2D eigenvalue weighted by Gasteiger charge is -2.32. The summed E-state index contributed by atoms with van der Waals surface area (Å²) in [5.74, 6) is -1.64. The Balaban J connectivity index is 1.60. The second-order valence-electron chi connectivity index (χ2n) is 13.7. The Hall–Kier alpha value is -3.38. The van der Waals surface area contributed by atoms with Crippen LogP contribution in [0.2, 0.25) is 25.7 Å². The molecule has 10 nitrogen and oxygen atoms in total. The number of pyridine rings is 1. The Morgan fingerprint density at radius 2 is 1.87 bits per heavy atom. The number of carbonyl (C=O) groups is 2. The highest BCUT2D eigenvalue weighted by molar-refractivity contribution is 6.76. The molecule has 0 aromatic carbocycles. The van der Waals surface area contributed by atoms with Crippen LogP contribution >= 0.6 is 0 Å². The number of primary amides is 1. The summed E-state index contributed by atoms with van der Waals surface area (Å²) < 4.78 is 25.0. The molecule has 45 heavy (non-hydrogen) atoms. The van der Waals surface area contributed by atoms with Gasteiger partial charge in [-0.05, 0) is 62.6 Å². The van der Waals surface area contributed by atoms with Gasteiger partial charge < -0.3 is 15.8 Å². The van der Waals surface area contributed by atoms with Crippen molar-refractivity contribution in [1.29, 1.82) is 0 Å². The Labute approximate surface area is 267 Å². The maximum Gasteiger partial charge on any atom is 0.267 e. The van der Waals surface area contributed by atoms with Crippen LogP contribution in [0.1, 0.15) is 86.2 Å². The van der Waals surface area contributed by atoms with Crippen LogP contribution in [0.25, 0.3) is 11.1 Å². The van der Waals surface area contributed by atoms with E-state index in [1.54, 1.807) is 27.7 Å². The van der Waals surface area contributed by atoms with Crippen LogP contribution in [-0.4, -0.2) is 51.0 Å². The van der Waals surface area contributed by atoms with Crippen molar-refractivity contribution in [2.45, 2.75) is 111 Å². The van der Waals surface area contributed by atoms with Gasteiger partial charge in [-0.15, -0.1) is 0 Å². The van der Waals surface area contributed by atoms with Gasteiger partial charge in [0.05, 0.1) is 17.8 Å². The van der Waals surface area contributed by atoms with Gasteiger partial charge in [0.15, 0.2) is 0 Å². The summed E-state index contributed by atoms with van der Waals surface area (Å²) in [6.45, 7) is 16.5. The van der Waals surface area contributed by atoms with Crippen molar-refractivity contribution in [2.24, 2.45) is 17.6 Å². The largest absolute Gasteiger partial charge is 0.364 e. The number of hydrogen-bond donors (Lipinski definition) is 2. The van der Waals surface area contributed by atoms with E-state index in [9.17, 15) is 9.59 Å². The van der Waals surface area contributed by atoms with Gasteiger partial charge in [0.1, 0.15) is 18.2 Å². The lowest BCUT2D eigenvalue weighted by atomic mass is 9.73. The minimum atomic E-state index is -1.22. The molecule has 2 amide bonds. The SMILES string of the molecule is CCCn1ncc(C(C(=O)Nc2ccc(-c3c(C)nn(COCC[Si](C)(C)C)c3CC)c(F)n2)C2CCC(C)CC2)c1C(N)=O. The fourth-order valence-corrected chi connectivity index (χ4v) is 7.13. The highest BCUT2D eigenvalue weighted by Gasteiger charge is 2.37. The molecule has 3 N–H and O–H groups in total. The zero-order valence-corrected chi connectivity index (χ0v) is 29.0. The first-order valence-electron chi connectivity index (χ1n) is 16.3. The number of anilines is 1. The molecule has 1 unspecified atom stereocenters. The third kappa shape index (κ3) is 8.26. The van der Waals surface area contributed by atoms with Crippen molar-refractivity contribution in [2.75, 3.05) is 11.9 Å². The number of nitrogens with two attached hydrogens (primary N) is 1. The van der Waals surface area contributed by atoms with Gasteiger partial charge in [0, 0.05) is 43.6 Å². The van der Waals surface area contributed by atoms with Crippen LogP contribution in [0, 0.1) is 24.7 Å². The Bertz CT molecular complexity index is 1490. The maximum atomic E-state index is 15.7. The summed E-state index contributed by atoms with van der Waals surface area (Å²) in [4.78, 5) is 30.7. The summed E-state index contributed by atoms with van der Waals surface area (Å²) in [5.41, 5.74) is 9.16. The van der Waals surface area contributed by atoms with E-state index >= 15 is 4.39 Å². The standard InChI is InChI=1S/C33H50FN7O3Si/c1-8-16-40-30(32(35)42)25(19-36-40)29(23-12-10-21(3)11-13-23)33(43)38-27-15-14-24(31(34)37-27)28-22(4)39-41(26(28)9-2)20-44-17-18-45(5,6)7/h14-15,19,21,23,29H,8-13,16-18,20H2,1-7H3,(H2,35,42)(H,37,38,43). The van der Waals surface area contributed by atoms with E-state index in [0.717, 1.165) is 43.8 Å². The Morgan fingerprint density at radius 3 is 2.47 bits per heavy atom. The minimum Gasteiger partial charge on any atom is -0.364 e. The van der Waals surface area contributed by atoms with Crippen LogP contribution in [-0.2, 0) is 29.2 Å². The zero-order valence-electron chi connectivity index (χ0n) is 28.0. The van der Waals surface area contributed by atoms with Gasteiger partial charge >= 0.3 is 0 Å². The third-order valence-electron chi connectivity index (χ3n) is 8.83. The first kappa shape index (κ1) is 34.5. The van der Waals surface area contributed by atoms with Crippen molar-refractivity contribution in [3.63, 3.8) is 0 Å². The normalized spacial score (nSPS) is 17.8. The van der Waals surface area contributed by atoms with Crippen LogP contribution in [0.4, 0.5) is 10.2 Å². The molecule has 0 aliphatic heterocycles. The molecule has 1 aliphatic rings. The monoisotopic (exact) mass is 639 g/mol. The number of nitrogens with one attached hydrogen (secondary N) is 1. The van der Waals surface area contributed by atoms with Crippen LogP contribution in [0.3, 0.4) is 0 Å². The van der Waals surface area contributed by atoms with E-state index < -0.39 is 25.8 Å². The number of nitrogens with zero attached hydrogens (tertiary/aromatic N) is 5. The molecule has 12 heteroatoms. The quantitative estimate of drug-likeness (QED) is 0.117. The third-order valence-corrected chi connectivity index (χ3v) is 10.5. The second kappa shape index (κ2) is 14.8. The number of halogens is 1. The summed E-state index contributed by atoms with van der Waals surface area (Å²) in [5, 5.41) is 11.9. The van der Waals surface area contributed by atoms with Crippen molar-refractivity contribution in [3.8, 4) is 11.1 Å². The van der Waals surface area contributed by atoms with Crippen molar-refractivity contribution in [1.82, 2.24) is 24.5 Å². The summed E-state index contributed by atoms with van der Waals surface area (Å²) in [7, 11) is -1.22. The first-order chi connectivity index (χ1) is 21.3. The Kier molecular flexibility index (Phi) is 11.3. The van der Waals surface area contributed by atoms with Gasteiger partial charge in [-0.2, -0.15) is 14.6 Å². The predicted octanol–water partition coefficient (Wildman–Crippen LogP) is 6.52. The van der Waals surface area contributed by atoms with Crippen molar-refractivity contribution in [3.05, 3.63) is 46.9 Å². The number of carbonyl (C=O) groups excluding carboxylic acids is 2. The smallest absolute Gasteiger partial charge is 0.267 e. The second-order valence-corrected chi connectivity index (χ2v) is 19.3. The molecule has 0 spiro atoms. The molecule has 1 aliphatic carbocycles. The molecule has 3 aromatic rings. The average molecular weight is 640 g/mol. The van der Waals surface area contributed by atoms with Gasteiger partial charge in [-0.1, -0.05) is 53.3 Å². The first-order valence-corrected chi connectivity index (χ1v) is 20.0. The fourth-order valence-electron chi connectivity index (χ4n) is 6.38. The van der Waals surface area contributed by atoms with E-state index in [-0.39, 0.29) is 23.3 Å². The molecule has 0 saturated heterocycles. The molecular formula is C33H50FN7O3Si. The molecule has 1 atom stereocenters. The van der Waals surface area contributed by atoms with E-state index in [2.05, 4.69) is 47.1 Å². The number of ether oxygens (including phenoxy) is 1. The molecule has 1 fully saturated rings. The van der Waals surface area contributed by atoms with Crippen molar-refractivity contribution < 1.29 is 18.7 Å². The lowest BCUT2D eigenvalue weighted by Crippen LogP contribution is -2.32. The highest BCUT2D eigenvalue weighted by Crippen LogP contribution is 2.40. The zero-order chi connectivity index (χ0) is 32.9.